The van der Waals surface area contributed by atoms with Gasteiger partial charge in [0.25, 0.3) is 0 Å². The summed E-state index contributed by atoms with van der Waals surface area (Å²) >= 11 is 0. The molecule has 0 heterocycles. The summed E-state index contributed by atoms with van der Waals surface area (Å²) in [6, 6.07) is 0.715. The van der Waals surface area contributed by atoms with E-state index in [0.717, 1.165) is 32.2 Å². The van der Waals surface area contributed by atoms with Crippen LogP contribution in [0, 0.1) is 0 Å². The minimum absolute atomic E-state index is 0.307. The first-order chi connectivity index (χ1) is 8.40. The van der Waals surface area contributed by atoms with Gasteiger partial charge in [0.15, 0.2) is 5.60 Å². The van der Waals surface area contributed by atoms with E-state index in [-0.39, 0.29) is 0 Å². The molecule has 3 N–H and O–H groups in total. The largest absolute Gasteiger partial charge is 0.467 e. The number of carbonyl (C=O) groups is 1. The fourth-order valence-corrected chi connectivity index (χ4v) is 2.65. The first-order valence-corrected chi connectivity index (χ1v) is 6.71. The average Bonchev–Trinajstić information content (AvgIpc) is 2.36. The van der Waals surface area contributed by atoms with Crippen LogP contribution in [0.25, 0.3) is 0 Å². The van der Waals surface area contributed by atoms with Gasteiger partial charge >= 0.3 is 5.97 Å². The van der Waals surface area contributed by atoms with Gasteiger partial charge in [0.1, 0.15) is 0 Å². The number of nitrogens with two attached hydrogens (primary N) is 1. The third-order valence-electron chi connectivity index (χ3n) is 3.80. The van der Waals surface area contributed by atoms with Crippen LogP contribution in [0.5, 0.6) is 0 Å². The van der Waals surface area contributed by atoms with Crippen LogP contribution in [-0.4, -0.2) is 53.9 Å². The van der Waals surface area contributed by atoms with Crippen molar-refractivity contribution in [1.29, 1.82) is 0 Å². The topological polar surface area (TPSA) is 75.8 Å². The van der Waals surface area contributed by atoms with Gasteiger partial charge in [-0.15, -0.1) is 0 Å². The summed E-state index contributed by atoms with van der Waals surface area (Å²) in [5.74, 6) is -0.575. The van der Waals surface area contributed by atoms with E-state index >= 15 is 0 Å². The highest BCUT2D eigenvalue weighted by atomic mass is 16.5. The minimum Gasteiger partial charge on any atom is -0.467 e. The lowest BCUT2D eigenvalue weighted by atomic mass is 9.90. The molecule has 0 amide bonds. The van der Waals surface area contributed by atoms with Crippen molar-refractivity contribution in [1.82, 2.24) is 4.90 Å². The van der Waals surface area contributed by atoms with E-state index in [1.807, 2.05) is 6.92 Å². The smallest absolute Gasteiger partial charge is 0.338 e. The Kier molecular flexibility index (Phi) is 5.56. The fourth-order valence-electron chi connectivity index (χ4n) is 2.65. The number of esters is 1. The third kappa shape index (κ3) is 3.93. The van der Waals surface area contributed by atoms with Gasteiger partial charge in [-0.3, -0.25) is 4.90 Å². The molecule has 0 aromatic carbocycles. The van der Waals surface area contributed by atoms with Crippen LogP contribution in [0.4, 0.5) is 0 Å². The van der Waals surface area contributed by atoms with E-state index in [1.165, 1.54) is 14.0 Å². The average molecular weight is 258 g/mol. The normalized spacial score (nSPS) is 27.9. The van der Waals surface area contributed by atoms with Crippen molar-refractivity contribution in [3.05, 3.63) is 0 Å². The van der Waals surface area contributed by atoms with Crippen molar-refractivity contribution in [3.8, 4) is 0 Å². The van der Waals surface area contributed by atoms with Crippen molar-refractivity contribution in [2.45, 2.75) is 57.2 Å². The van der Waals surface area contributed by atoms with E-state index in [4.69, 9.17) is 5.73 Å². The molecule has 106 valence electrons. The Morgan fingerprint density at radius 2 is 2.00 bits per heavy atom. The lowest BCUT2D eigenvalue weighted by Gasteiger charge is -2.38. The molecule has 1 rings (SSSR count). The van der Waals surface area contributed by atoms with Crippen LogP contribution >= 0.6 is 0 Å². The molecule has 0 aromatic heterocycles. The third-order valence-corrected chi connectivity index (χ3v) is 3.80. The van der Waals surface area contributed by atoms with Crippen LogP contribution in [0.2, 0.25) is 0 Å². The van der Waals surface area contributed by atoms with Crippen molar-refractivity contribution >= 4 is 5.97 Å². The zero-order valence-electron chi connectivity index (χ0n) is 11.7. The molecule has 0 bridgehead atoms. The predicted octanol–water partition coefficient (Wildman–Crippen LogP) is 0.502. The minimum atomic E-state index is -1.44. The molecule has 1 saturated carbocycles. The Labute approximate surface area is 109 Å². The van der Waals surface area contributed by atoms with Gasteiger partial charge in [-0.2, -0.15) is 0 Å². The summed E-state index contributed by atoms with van der Waals surface area (Å²) in [6.45, 7) is 4.68. The van der Waals surface area contributed by atoms with E-state index in [9.17, 15) is 9.90 Å². The molecule has 0 radical (unpaired) electrons. The highest BCUT2D eigenvalue weighted by Crippen LogP contribution is 2.23. The number of likely N-dealkylation sites (N-methyl/N-ethyl adjacent to an activating group) is 1. The van der Waals surface area contributed by atoms with Crippen LogP contribution in [0.1, 0.15) is 39.5 Å². The summed E-state index contributed by atoms with van der Waals surface area (Å²) in [4.78, 5) is 13.7. The molecule has 1 atom stereocenters. The van der Waals surface area contributed by atoms with Gasteiger partial charge in [0, 0.05) is 18.6 Å². The number of hydrogen-bond acceptors (Lipinski definition) is 5. The number of carbonyl (C=O) groups excluding carboxylic acids is 1. The molecule has 0 aliphatic heterocycles. The fraction of sp³-hybridized carbons (Fsp3) is 0.923. The molecule has 0 aromatic rings. The van der Waals surface area contributed by atoms with Crippen molar-refractivity contribution in [2.75, 3.05) is 20.2 Å². The summed E-state index contributed by atoms with van der Waals surface area (Å²) in [5, 5.41) is 10.1. The molecule has 0 saturated heterocycles. The molecule has 18 heavy (non-hydrogen) atoms. The number of methoxy groups -OCH3 is 1. The lowest BCUT2D eigenvalue weighted by Crippen LogP contribution is -2.51. The quantitative estimate of drug-likeness (QED) is 0.702. The Morgan fingerprint density at radius 3 is 2.44 bits per heavy atom. The molecule has 1 aliphatic rings. The zero-order chi connectivity index (χ0) is 13.8. The first kappa shape index (κ1) is 15.4. The van der Waals surface area contributed by atoms with Gasteiger partial charge in [0.2, 0.25) is 0 Å². The number of hydrogen-bond donors (Lipinski definition) is 2. The first-order valence-electron chi connectivity index (χ1n) is 6.71. The molecular formula is C13H26N2O3. The van der Waals surface area contributed by atoms with E-state index in [2.05, 4.69) is 9.64 Å². The Morgan fingerprint density at radius 1 is 1.44 bits per heavy atom. The van der Waals surface area contributed by atoms with Crippen LogP contribution in [0.15, 0.2) is 0 Å². The molecule has 1 fully saturated rings. The number of rotatable bonds is 5. The predicted molar refractivity (Wildman–Crippen MR) is 70.1 cm³/mol. The van der Waals surface area contributed by atoms with Crippen LogP contribution < -0.4 is 5.73 Å². The second kappa shape index (κ2) is 6.50. The van der Waals surface area contributed by atoms with E-state index in [1.54, 1.807) is 0 Å². The number of nitrogens with zero attached hydrogens (tertiary/aromatic N) is 1. The van der Waals surface area contributed by atoms with Crippen molar-refractivity contribution < 1.29 is 14.6 Å². The second-order valence-corrected chi connectivity index (χ2v) is 5.40. The molecule has 1 aliphatic carbocycles. The summed E-state index contributed by atoms with van der Waals surface area (Å²) < 4.78 is 4.63. The maximum atomic E-state index is 11.5. The standard InChI is InChI=1S/C13H26N2O3/c1-4-15(9-13(2,17)12(16)18-3)11-7-5-10(14)6-8-11/h10-11,17H,4-9,14H2,1-3H3. The maximum Gasteiger partial charge on any atom is 0.338 e. The number of aliphatic hydroxyl groups is 1. The van der Waals surface area contributed by atoms with E-state index in [0.29, 0.717) is 18.6 Å². The summed E-state index contributed by atoms with van der Waals surface area (Å²) in [5.41, 5.74) is 4.45. The highest BCUT2D eigenvalue weighted by molar-refractivity contribution is 5.78. The second-order valence-electron chi connectivity index (χ2n) is 5.40. The van der Waals surface area contributed by atoms with Gasteiger partial charge in [-0.25, -0.2) is 4.79 Å². The number of ether oxygens (including phenoxy) is 1. The lowest BCUT2D eigenvalue weighted by molar-refractivity contribution is -0.163. The Balaban J connectivity index is 2.58. The summed E-state index contributed by atoms with van der Waals surface area (Å²) in [6.07, 6.45) is 4.10. The SMILES string of the molecule is CCN(CC(C)(O)C(=O)OC)C1CCC(N)CC1. The zero-order valence-corrected chi connectivity index (χ0v) is 11.7. The monoisotopic (exact) mass is 258 g/mol. The summed E-state index contributed by atoms with van der Waals surface area (Å²) in [7, 11) is 1.30. The molecule has 1 unspecified atom stereocenters. The van der Waals surface area contributed by atoms with Gasteiger partial charge in [0.05, 0.1) is 7.11 Å². The van der Waals surface area contributed by atoms with Crippen LogP contribution in [0.3, 0.4) is 0 Å². The molecule has 5 heteroatoms. The maximum absolute atomic E-state index is 11.5. The van der Waals surface area contributed by atoms with Gasteiger partial charge < -0.3 is 15.6 Å². The van der Waals surface area contributed by atoms with Gasteiger partial charge in [-0.1, -0.05) is 6.92 Å². The van der Waals surface area contributed by atoms with Gasteiger partial charge in [-0.05, 0) is 39.2 Å². The van der Waals surface area contributed by atoms with Crippen molar-refractivity contribution in [3.63, 3.8) is 0 Å². The Hall–Kier alpha value is -0.650. The molecular weight excluding hydrogens is 232 g/mol. The van der Waals surface area contributed by atoms with Crippen LogP contribution in [-0.2, 0) is 9.53 Å². The molecule has 5 nitrogen and oxygen atoms in total. The van der Waals surface area contributed by atoms with E-state index < -0.39 is 11.6 Å². The highest BCUT2D eigenvalue weighted by Gasteiger charge is 2.36. The molecule has 0 spiro atoms. The van der Waals surface area contributed by atoms with Crippen molar-refractivity contribution in [2.24, 2.45) is 5.73 Å². The Bertz CT molecular complexity index is 273.